The first kappa shape index (κ1) is 14.3. The third kappa shape index (κ3) is 3.94. The fourth-order valence-electron chi connectivity index (χ4n) is 3.64. The Bertz CT molecular complexity index is 222. The van der Waals surface area contributed by atoms with Gasteiger partial charge in [-0.15, -0.1) is 0 Å². The van der Waals surface area contributed by atoms with E-state index in [1.807, 2.05) is 0 Å². The lowest BCUT2D eigenvalue weighted by molar-refractivity contribution is 0.0721. The van der Waals surface area contributed by atoms with Crippen molar-refractivity contribution >= 4 is 0 Å². The van der Waals surface area contributed by atoms with Crippen molar-refractivity contribution in [3.05, 3.63) is 0 Å². The Morgan fingerprint density at radius 3 is 2.50 bits per heavy atom. The maximum Gasteiger partial charge on any atom is 0.0113 e. The van der Waals surface area contributed by atoms with Gasteiger partial charge in [-0.25, -0.2) is 0 Å². The highest BCUT2D eigenvalue weighted by atomic mass is 15.3. The van der Waals surface area contributed by atoms with Crippen LogP contribution in [-0.4, -0.2) is 61.2 Å². The van der Waals surface area contributed by atoms with Crippen LogP contribution in [0, 0.1) is 0 Å². The van der Waals surface area contributed by atoms with E-state index in [9.17, 15) is 0 Å². The molecule has 2 unspecified atom stereocenters. The first-order chi connectivity index (χ1) is 8.83. The van der Waals surface area contributed by atoms with Gasteiger partial charge in [0, 0.05) is 38.3 Å². The molecule has 1 saturated carbocycles. The second-order valence-electron chi connectivity index (χ2n) is 5.95. The van der Waals surface area contributed by atoms with Crippen LogP contribution >= 0.6 is 0 Å². The molecule has 2 atom stereocenters. The highest BCUT2D eigenvalue weighted by molar-refractivity contribution is 4.86. The number of piperazine rings is 1. The van der Waals surface area contributed by atoms with Crippen molar-refractivity contribution < 1.29 is 0 Å². The lowest BCUT2D eigenvalue weighted by Crippen LogP contribution is -2.52. The quantitative estimate of drug-likeness (QED) is 0.808. The Hall–Kier alpha value is -0.120. The van der Waals surface area contributed by atoms with E-state index in [0.717, 1.165) is 18.6 Å². The Morgan fingerprint density at radius 2 is 1.83 bits per heavy atom. The van der Waals surface area contributed by atoms with Crippen LogP contribution in [0.2, 0.25) is 0 Å². The molecule has 0 spiro atoms. The highest BCUT2D eigenvalue weighted by Crippen LogP contribution is 2.24. The molecule has 0 radical (unpaired) electrons. The van der Waals surface area contributed by atoms with Crippen molar-refractivity contribution in [1.29, 1.82) is 0 Å². The minimum absolute atomic E-state index is 0.780. The highest BCUT2D eigenvalue weighted by Gasteiger charge is 2.28. The van der Waals surface area contributed by atoms with Crippen molar-refractivity contribution in [3.8, 4) is 0 Å². The third-order valence-corrected chi connectivity index (χ3v) is 4.60. The maximum atomic E-state index is 3.65. The minimum atomic E-state index is 0.780. The lowest BCUT2D eigenvalue weighted by Gasteiger charge is -2.42. The molecule has 1 aliphatic carbocycles. The molecule has 0 aromatic rings. The molecule has 0 aromatic carbocycles. The van der Waals surface area contributed by atoms with Gasteiger partial charge in [0.25, 0.3) is 0 Å². The summed E-state index contributed by atoms with van der Waals surface area (Å²) < 4.78 is 0. The average Bonchev–Trinajstić information content (AvgIpc) is 2.41. The number of hydrogen-bond donors (Lipinski definition) is 1. The Morgan fingerprint density at radius 1 is 1.06 bits per heavy atom. The zero-order valence-corrected chi connectivity index (χ0v) is 12.3. The van der Waals surface area contributed by atoms with E-state index >= 15 is 0 Å². The van der Waals surface area contributed by atoms with E-state index < -0.39 is 0 Å². The van der Waals surface area contributed by atoms with Gasteiger partial charge in [-0.3, -0.25) is 4.90 Å². The van der Waals surface area contributed by atoms with E-state index in [1.165, 1.54) is 64.8 Å². The molecule has 1 saturated heterocycles. The standard InChI is InChI=1S/C15H31N3/c1-3-8-17-9-11-18(12-10-17)15-7-5-6-14(13-15)16-4-2/h14-16H,3-13H2,1-2H3. The van der Waals surface area contributed by atoms with Gasteiger partial charge in [-0.1, -0.05) is 20.3 Å². The summed E-state index contributed by atoms with van der Waals surface area (Å²) in [6.45, 7) is 12.1. The van der Waals surface area contributed by atoms with E-state index in [4.69, 9.17) is 0 Å². The Kier molecular flexibility index (Phi) is 5.93. The van der Waals surface area contributed by atoms with Gasteiger partial charge in [-0.05, 0) is 38.8 Å². The van der Waals surface area contributed by atoms with Gasteiger partial charge >= 0.3 is 0 Å². The van der Waals surface area contributed by atoms with Crippen LogP contribution in [0.5, 0.6) is 0 Å². The van der Waals surface area contributed by atoms with Gasteiger partial charge < -0.3 is 10.2 Å². The van der Waals surface area contributed by atoms with E-state index in [0.29, 0.717) is 0 Å². The molecule has 2 aliphatic rings. The summed E-state index contributed by atoms with van der Waals surface area (Å²) in [6.07, 6.45) is 6.90. The van der Waals surface area contributed by atoms with E-state index in [1.54, 1.807) is 0 Å². The molecule has 1 aliphatic heterocycles. The largest absolute Gasteiger partial charge is 0.314 e. The number of rotatable bonds is 5. The Labute approximate surface area is 113 Å². The van der Waals surface area contributed by atoms with Gasteiger partial charge in [0.1, 0.15) is 0 Å². The number of hydrogen-bond acceptors (Lipinski definition) is 3. The molecule has 18 heavy (non-hydrogen) atoms. The summed E-state index contributed by atoms with van der Waals surface area (Å²) >= 11 is 0. The van der Waals surface area contributed by atoms with Gasteiger partial charge in [0.15, 0.2) is 0 Å². The van der Waals surface area contributed by atoms with Crippen molar-refractivity contribution in [2.75, 3.05) is 39.3 Å². The molecule has 3 nitrogen and oxygen atoms in total. The monoisotopic (exact) mass is 253 g/mol. The second-order valence-corrected chi connectivity index (χ2v) is 5.95. The van der Waals surface area contributed by atoms with Gasteiger partial charge in [-0.2, -0.15) is 0 Å². The molecule has 2 fully saturated rings. The zero-order chi connectivity index (χ0) is 12.8. The van der Waals surface area contributed by atoms with Crippen molar-refractivity contribution in [1.82, 2.24) is 15.1 Å². The maximum absolute atomic E-state index is 3.65. The van der Waals surface area contributed by atoms with Crippen LogP contribution in [-0.2, 0) is 0 Å². The number of nitrogens with one attached hydrogen (secondary N) is 1. The second kappa shape index (κ2) is 7.46. The molecule has 1 heterocycles. The third-order valence-electron chi connectivity index (χ3n) is 4.60. The predicted molar refractivity (Wildman–Crippen MR) is 78.0 cm³/mol. The predicted octanol–water partition coefficient (Wildman–Crippen LogP) is 1.93. The van der Waals surface area contributed by atoms with Crippen LogP contribution in [0.25, 0.3) is 0 Å². The molecular weight excluding hydrogens is 222 g/mol. The summed E-state index contributed by atoms with van der Waals surface area (Å²) in [4.78, 5) is 5.39. The lowest BCUT2D eigenvalue weighted by atomic mass is 9.89. The van der Waals surface area contributed by atoms with Crippen LogP contribution in [0.1, 0.15) is 46.0 Å². The molecule has 1 N–H and O–H groups in total. The first-order valence-corrected chi connectivity index (χ1v) is 8.03. The molecule has 3 heteroatoms. The van der Waals surface area contributed by atoms with Crippen molar-refractivity contribution in [3.63, 3.8) is 0 Å². The summed E-state index contributed by atoms with van der Waals surface area (Å²) in [7, 11) is 0. The summed E-state index contributed by atoms with van der Waals surface area (Å²) in [5.41, 5.74) is 0. The molecule has 0 amide bonds. The normalized spacial score (nSPS) is 31.7. The van der Waals surface area contributed by atoms with Crippen LogP contribution < -0.4 is 5.32 Å². The molecule has 106 valence electrons. The molecule has 0 bridgehead atoms. The van der Waals surface area contributed by atoms with Crippen LogP contribution in [0.4, 0.5) is 0 Å². The average molecular weight is 253 g/mol. The SMILES string of the molecule is CCCN1CCN(C2CCCC(NCC)C2)CC1. The van der Waals surface area contributed by atoms with Gasteiger partial charge in [0.2, 0.25) is 0 Å². The van der Waals surface area contributed by atoms with Crippen molar-refractivity contribution in [2.45, 2.75) is 58.0 Å². The molecule has 2 rings (SSSR count). The number of nitrogens with zero attached hydrogens (tertiary/aromatic N) is 2. The van der Waals surface area contributed by atoms with E-state index in [2.05, 4.69) is 29.0 Å². The fourth-order valence-corrected chi connectivity index (χ4v) is 3.64. The molecule has 0 aromatic heterocycles. The summed E-state index contributed by atoms with van der Waals surface area (Å²) in [5.74, 6) is 0. The van der Waals surface area contributed by atoms with Gasteiger partial charge in [0.05, 0.1) is 0 Å². The first-order valence-electron chi connectivity index (χ1n) is 8.03. The van der Waals surface area contributed by atoms with E-state index in [-0.39, 0.29) is 0 Å². The Balaban J connectivity index is 1.75. The summed E-state index contributed by atoms with van der Waals surface area (Å²) in [5, 5.41) is 3.65. The fraction of sp³-hybridized carbons (Fsp3) is 1.00. The molecular formula is C15H31N3. The minimum Gasteiger partial charge on any atom is -0.314 e. The van der Waals surface area contributed by atoms with Crippen molar-refractivity contribution in [2.24, 2.45) is 0 Å². The topological polar surface area (TPSA) is 18.5 Å². The van der Waals surface area contributed by atoms with Crippen LogP contribution in [0.15, 0.2) is 0 Å². The zero-order valence-electron chi connectivity index (χ0n) is 12.3. The van der Waals surface area contributed by atoms with Crippen LogP contribution in [0.3, 0.4) is 0 Å². The summed E-state index contributed by atoms with van der Waals surface area (Å²) in [6, 6.07) is 1.63. The smallest absolute Gasteiger partial charge is 0.0113 e.